The standard InChI is InChI=1S/C14H12Cl2F3N3O/c1-20-12-11(7-21-13(16)22-12)23-5-4-8-6-9(15)2-3-10(8)14(17,18)19/h2-3,6-7H,4-5H2,1H3,(H,20,21,22). The van der Waals surface area contributed by atoms with Crippen LogP contribution in [0.1, 0.15) is 11.1 Å². The van der Waals surface area contributed by atoms with Crippen molar-refractivity contribution in [3.8, 4) is 5.75 Å². The monoisotopic (exact) mass is 365 g/mol. The number of hydrogen-bond acceptors (Lipinski definition) is 4. The van der Waals surface area contributed by atoms with Gasteiger partial charge >= 0.3 is 6.18 Å². The van der Waals surface area contributed by atoms with Crippen molar-refractivity contribution in [2.45, 2.75) is 12.6 Å². The predicted molar refractivity (Wildman–Crippen MR) is 82.2 cm³/mol. The second kappa shape index (κ2) is 7.23. The van der Waals surface area contributed by atoms with Crippen molar-refractivity contribution in [1.29, 1.82) is 0 Å². The highest BCUT2D eigenvalue weighted by Gasteiger charge is 2.33. The van der Waals surface area contributed by atoms with E-state index in [0.717, 1.165) is 6.07 Å². The molecule has 0 saturated heterocycles. The van der Waals surface area contributed by atoms with E-state index in [4.69, 9.17) is 27.9 Å². The van der Waals surface area contributed by atoms with Crippen LogP contribution in [0.2, 0.25) is 10.3 Å². The number of ether oxygens (including phenoxy) is 1. The maximum atomic E-state index is 13.0. The van der Waals surface area contributed by atoms with Gasteiger partial charge in [0.2, 0.25) is 5.28 Å². The third-order valence-corrected chi connectivity index (χ3v) is 3.38. The number of halogens is 5. The summed E-state index contributed by atoms with van der Waals surface area (Å²) in [6.07, 6.45) is -3.07. The number of nitrogens with zero attached hydrogens (tertiary/aromatic N) is 2. The topological polar surface area (TPSA) is 47.0 Å². The Bertz CT molecular complexity index is 695. The molecule has 0 spiro atoms. The molecule has 23 heavy (non-hydrogen) atoms. The second-order valence-corrected chi connectivity index (χ2v) is 5.27. The van der Waals surface area contributed by atoms with Crippen LogP contribution in [0.5, 0.6) is 5.75 Å². The van der Waals surface area contributed by atoms with Crippen LogP contribution in [0.3, 0.4) is 0 Å². The lowest BCUT2D eigenvalue weighted by Gasteiger charge is -2.14. The van der Waals surface area contributed by atoms with E-state index in [1.165, 1.54) is 18.3 Å². The first-order chi connectivity index (χ1) is 10.8. The van der Waals surface area contributed by atoms with Crippen LogP contribution in [0.25, 0.3) is 0 Å². The number of alkyl halides is 3. The molecule has 0 saturated carbocycles. The van der Waals surface area contributed by atoms with Gasteiger partial charge in [-0.3, -0.25) is 0 Å². The first kappa shape index (κ1) is 17.6. The Balaban J connectivity index is 2.12. The van der Waals surface area contributed by atoms with Crippen LogP contribution in [0, 0.1) is 0 Å². The molecule has 2 rings (SSSR count). The Labute approximate surface area is 140 Å². The maximum Gasteiger partial charge on any atom is 0.416 e. The van der Waals surface area contributed by atoms with Gasteiger partial charge in [-0.25, -0.2) is 4.98 Å². The van der Waals surface area contributed by atoms with Crippen molar-refractivity contribution in [2.75, 3.05) is 19.0 Å². The third-order valence-electron chi connectivity index (χ3n) is 2.96. The Morgan fingerprint density at radius 2 is 2.00 bits per heavy atom. The van der Waals surface area contributed by atoms with Crippen molar-refractivity contribution < 1.29 is 17.9 Å². The van der Waals surface area contributed by atoms with Crippen molar-refractivity contribution >= 4 is 29.0 Å². The fourth-order valence-electron chi connectivity index (χ4n) is 1.95. The fraction of sp³-hybridized carbons (Fsp3) is 0.286. The van der Waals surface area contributed by atoms with Crippen LogP contribution >= 0.6 is 23.2 Å². The average molecular weight is 366 g/mol. The zero-order chi connectivity index (χ0) is 17.0. The second-order valence-electron chi connectivity index (χ2n) is 4.50. The first-order valence-electron chi connectivity index (χ1n) is 6.50. The van der Waals surface area contributed by atoms with E-state index >= 15 is 0 Å². The Kier molecular flexibility index (Phi) is 5.54. The normalized spacial score (nSPS) is 11.4. The molecule has 0 radical (unpaired) electrons. The predicted octanol–water partition coefficient (Wildman–Crippen LogP) is 4.47. The lowest BCUT2D eigenvalue weighted by atomic mass is 10.0. The molecule has 4 nitrogen and oxygen atoms in total. The summed E-state index contributed by atoms with van der Waals surface area (Å²) in [6, 6.07) is 3.45. The lowest BCUT2D eigenvalue weighted by molar-refractivity contribution is -0.138. The molecular weight excluding hydrogens is 354 g/mol. The summed E-state index contributed by atoms with van der Waals surface area (Å²) in [5, 5.41) is 3.04. The highest BCUT2D eigenvalue weighted by molar-refractivity contribution is 6.30. The molecule has 1 aromatic heterocycles. The molecule has 124 valence electrons. The van der Waals surface area contributed by atoms with Crippen LogP contribution in [-0.4, -0.2) is 23.6 Å². The number of hydrogen-bond donors (Lipinski definition) is 1. The molecule has 0 bridgehead atoms. The van der Waals surface area contributed by atoms with E-state index < -0.39 is 11.7 Å². The Hall–Kier alpha value is -1.73. The Morgan fingerprint density at radius 3 is 2.65 bits per heavy atom. The van der Waals surface area contributed by atoms with Crippen LogP contribution < -0.4 is 10.1 Å². The number of rotatable bonds is 5. The van der Waals surface area contributed by atoms with Crippen molar-refractivity contribution in [2.24, 2.45) is 0 Å². The van der Waals surface area contributed by atoms with E-state index in [2.05, 4.69) is 15.3 Å². The van der Waals surface area contributed by atoms with Gasteiger partial charge in [0, 0.05) is 18.5 Å². The molecule has 1 heterocycles. The third kappa shape index (κ3) is 4.62. The molecule has 9 heteroatoms. The van der Waals surface area contributed by atoms with Crippen molar-refractivity contribution in [1.82, 2.24) is 9.97 Å². The van der Waals surface area contributed by atoms with Gasteiger partial charge in [0.05, 0.1) is 18.4 Å². The van der Waals surface area contributed by atoms with E-state index in [-0.39, 0.29) is 28.9 Å². The summed E-state index contributed by atoms with van der Waals surface area (Å²) in [4.78, 5) is 7.68. The SMILES string of the molecule is CNc1nc(Cl)ncc1OCCc1cc(Cl)ccc1C(F)(F)F. The van der Waals surface area contributed by atoms with Gasteiger partial charge in [0.1, 0.15) is 0 Å². The first-order valence-corrected chi connectivity index (χ1v) is 7.25. The number of nitrogens with one attached hydrogen (secondary N) is 1. The largest absolute Gasteiger partial charge is 0.488 e. The van der Waals surface area contributed by atoms with Crippen molar-refractivity contribution in [3.05, 3.63) is 45.8 Å². The average Bonchev–Trinajstić information content (AvgIpc) is 2.47. The molecule has 1 N–H and O–H groups in total. The highest BCUT2D eigenvalue weighted by Crippen LogP contribution is 2.33. The molecule has 0 aliphatic carbocycles. The van der Waals surface area contributed by atoms with Crippen LogP contribution in [0.15, 0.2) is 24.4 Å². The summed E-state index contributed by atoms with van der Waals surface area (Å²) >= 11 is 11.4. The van der Waals surface area contributed by atoms with Crippen LogP contribution in [-0.2, 0) is 12.6 Å². The summed E-state index contributed by atoms with van der Waals surface area (Å²) < 4.78 is 44.3. The number of aromatic nitrogens is 2. The molecular formula is C14H12Cl2F3N3O. The van der Waals surface area contributed by atoms with Gasteiger partial charge in [-0.1, -0.05) is 11.6 Å². The summed E-state index contributed by atoms with van der Waals surface area (Å²) in [6.45, 7) is 0.00307. The fourth-order valence-corrected chi connectivity index (χ4v) is 2.28. The maximum absolute atomic E-state index is 13.0. The minimum absolute atomic E-state index is 0.00307. The van der Waals surface area contributed by atoms with E-state index in [9.17, 15) is 13.2 Å². The van der Waals surface area contributed by atoms with E-state index in [0.29, 0.717) is 11.6 Å². The molecule has 0 unspecified atom stereocenters. The van der Waals surface area contributed by atoms with Gasteiger partial charge in [-0.2, -0.15) is 18.2 Å². The minimum atomic E-state index is -4.45. The van der Waals surface area contributed by atoms with Gasteiger partial charge in [-0.05, 0) is 35.4 Å². The number of anilines is 1. The zero-order valence-corrected chi connectivity index (χ0v) is 13.4. The summed E-state index contributed by atoms with van der Waals surface area (Å²) in [7, 11) is 1.62. The highest BCUT2D eigenvalue weighted by atomic mass is 35.5. The van der Waals surface area contributed by atoms with Gasteiger partial charge in [-0.15, -0.1) is 0 Å². The number of benzene rings is 1. The quantitative estimate of drug-likeness (QED) is 0.794. The molecule has 2 aromatic rings. The summed E-state index contributed by atoms with van der Waals surface area (Å²) in [5.41, 5.74) is -0.669. The van der Waals surface area contributed by atoms with Crippen LogP contribution in [0.4, 0.5) is 19.0 Å². The van der Waals surface area contributed by atoms with E-state index in [1.807, 2.05) is 0 Å². The molecule has 0 aliphatic heterocycles. The van der Waals surface area contributed by atoms with Gasteiger partial charge in [0.25, 0.3) is 0 Å². The lowest BCUT2D eigenvalue weighted by Crippen LogP contribution is -2.12. The zero-order valence-electron chi connectivity index (χ0n) is 11.9. The summed E-state index contributed by atoms with van der Waals surface area (Å²) in [5.74, 6) is 0.652. The minimum Gasteiger partial charge on any atom is -0.488 e. The molecule has 1 aromatic carbocycles. The van der Waals surface area contributed by atoms with Gasteiger partial charge < -0.3 is 10.1 Å². The smallest absolute Gasteiger partial charge is 0.416 e. The van der Waals surface area contributed by atoms with E-state index in [1.54, 1.807) is 7.05 Å². The molecule has 0 aliphatic rings. The molecule has 0 fully saturated rings. The van der Waals surface area contributed by atoms with Crippen molar-refractivity contribution in [3.63, 3.8) is 0 Å². The van der Waals surface area contributed by atoms with Gasteiger partial charge in [0.15, 0.2) is 11.6 Å². The molecule has 0 amide bonds. The Morgan fingerprint density at radius 1 is 1.26 bits per heavy atom. The molecule has 0 atom stereocenters.